The van der Waals surface area contributed by atoms with E-state index < -0.39 is 14.8 Å². The maximum Gasteiger partial charge on any atom is 0.330 e. The molecule has 0 radical (unpaired) electrons. The van der Waals surface area contributed by atoms with Gasteiger partial charge in [0, 0.05) is 11.8 Å². The summed E-state index contributed by atoms with van der Waals surface area (Å²) in [6.45, 7) is 10.6. The van der Waals surface area contributed by atoms with Gasteiger partial charge < -0.3 is 9.47 Å². The predicted octanol–water partition coefficient (Wildman–Crippen LogP) is 1.15. The summed E-state index contributed by atoms with van der Waals surface area (Å²) in [5.41, 5.74) is 0.336. The van der Waals surface area contributed by atoms with Crippen molar-refractivity contribution in [3.8, 4) is 0 Å². The fourth-order valence-corrected chi connectivity index (χ4v) is 1.15. The van der Waals surface area contributed by atoms with Crippen LogP contribution in [0.3, 0.4) is 0 Å². The summed E-state index contributed by atoms with van der Waals surface area (Å²) >= 11 is 0. The third kappa shape index (κ3) is 6.54. The molecule has 0 saturated heterocycles. The average Bonchev–Trinajstić information content (AvgIpc) is 2.11. The highest BCUT2D eigenvalue weighted by Crippen LogP contribution is 1.96. The van der Waals surface area contributed by atoms with Crippen molar-refractivity contribution >= 4 is 14.8 Å². The Labute approximate surface area is 81.3 Å². The summed E-state index contributed by atoms with van der Waals surface area (Å²) in [6, 6.07) is 0. The summed E-state index contributed by atoms with van der Waals surface area (Å²) in [4.78, 5) is 10.6. The molecule has 0 saturated carbocycles. The highest BCUT2D eigenvalue weighted by molar-refractivity contribution is 6.57. The van der Waals surface area contributed by atoms with Gasteiger partial charge in [-0.15, -0.1) is 0 Å². The van der Waals surface area contributed by atoms with E-state index in [0.717, 1.165) is 6.08 Å². The van der Waals surface area contributed by atoms with E-state index in [1.165, 1.54) is 0 Å². The Hall–Kier alpha value is -0.613. The molecule has 3 nitrogen and oxygen atoms in total. The summed E-state index contributed by atoms with van der Waals surface area (Å²) in [5, 5.41) is 0. The number of esters is 1. The van der Waals surface area contributed by atoms with Crippen molar-refractivity contribution in [1.82, 2.24) is 0 Å². The van der Waals surface area contributed by atoms with Crippen molar-refractivity contribution in [1.29, 1.82) is 0 Å². The zero-order valence-corrected chi connectivity index (χ0v) is 9.73. The quantitative estimate of drug-likeness (QED) is 0.280. The van der Waals surface area contributed by atoms with Gasteiger partial charge in [0.1, 0.15) is 6.61 Å². The lowest BCUT2D eigenvalue weighted by molar-refractivity contribution is -0.139. The second-order valence-corrected chi connectivity index (χ2v) is 6.62. The van der Waals surface area contributed by atoms with E-state index in [1.807, 2.05) is 0 Å². The van der Waals surface area contributed by atoms with Gasteiger partial charge in [0.2, 0.25) is 0 Å². The highest BCUT2D eigenvalue weighted by atomic mass is 28.3. The van der Waals surface area contributed by atoms with Crippen molar-refractivity contribution in [2.45, 2.75) is 25.7 Å². The number of ether oxygens (including phenoxy) is 2. The van der Waals surface area contributed by atoms with E-state index in [9.17, 15) is 4.79 Å². The van der Waals surface area contributed by atoms with Gasteiger partial charge >= 0.3 is 5.97 Å². The summed E-state index contributed by atoms with van der Waals surface area (Å²) in [7, 11) is -0.722. The number of hydrogen-bond acceptors (Lipinski definition) is 3. The van der Waals surface area contributed by atoms with Crippen LogP contribution in [0.15, 0.2) is 12.7 Å². The molecule has 0 N–H and O–H groups in total. The smallest absolute Gasteiger partial charge is 0.330 e. The van der Waals surface area contributed by atoms with Crippen LogP contribution in [0.2, 0.25) is 13.1 Å². The van der Waals surface area contributed by atoms with Crippen molar-refractivity contribution < 1.29 is 14.3 Å². The minimum Gasteiger partial charge on any atom is -0.460 e. The Morgan fingerprint density at radius 2 is 2.15 bits per heavy atom. The lowest BCUT2D eigenvalue weighted by atomic mass is 10.6. The molecule has 1 atom stereocenters. The number of hydrogen-bond donors (Lipinski definition) is 0. The van der Waals surface area contributed by atoms with Crippen LogP contribution < -0.4 is 0 Å². The van der Waals surface area contributed by atoms with E-state index in [0.29, 0.717) is 18.9 Å². The summed E-state index contributed by atoms with van der Waals surface area (Å²) < 4.78 is 10.2. The zero-order valence-electron chi connectivity index (χ0n) is 8.58. The minimum atomic E-state index is -0.722. The van der Waals surface area contributed by atoms with Crippen LogP contribution in [0.1, 0.15) is 6.92 Å². The van der Waals surface area contributed by atoms with Crippen LogP contribution in [0.5, 0.6) is 0 Å². The molecule has 4 heteroatoms. The monoisotopic (exact) mass is 202 g/mol. The molecule has 0 heterocycles. The van der Waals surface area contributed by atoms with Gasteiger partial charge in [-0.2, -0.15) is 0 Å². The van der Waals surface area contributed by atoms with Crippen LogP contribution in [-0.2, 0) is 14.3 Å². The molecular formula is C9H18O3Si. The molecule has 0 fully saturated rings. The molecule has 0 aliphatic carbocycles. The van der Waals surface area contributed by atoms with E-state index in [2.05, 4.69) is 26.6 Å². The molecule has 0 amide bonds. The maximum atomic E-state index is 10.6. The van der Waals surface area contributed by atoms with E-state index in [1.54, 1.807) is 0 Å². The van der Waals surface area contributed by atoms with Crippen LogP contribution in [0.25, 0.3) is 0 Å². The molecule has 0 aromatic carbocycles. The molecule has 1 unspecified atom stereocenters. The van der Waals surface area contributed by atoms with Gasteiger partial charge in [0.05, 0.1) is 15.4 Å². The van der Waals surface area contributed by atoms with Crippen LogP contribution in [0, 0.1) is 0 Å². The van der Waals surface area contributed by atoms with Crippen LogP contribution in [0.4, 0.5) is 0 Å². The molecule has 0 aliphatic rings. The number of carbonyl (C=O) groups is 1. The third-order valence-corrected chi connectivity index (χ3v) is 3.88. The predicted molar refractivity (Wildman–Crippen MR) is 55.4 cm³/mol. The first-order valence-electron chi connectivity index (χ1n) is 4.48. The molecule has 0 aromatic rings. The Kier molecular flexibility index (Phi) is 6.53. The first-order chi connectivity index (χ1) is 6.07. The van der Waals surface area contributed by atoms with Crippen LogP contribution in [-0.4, -0.2) is 33.7 Å². The normalized spacial score (nSPS) is 12.6. The highest BCUT2D eigenvalue weighted by Gasteiger charge is 2.07. The van der Waals surface area contributed by atoms with Gasteiger partial charge in [-0.05, 0) is 6.92 Å². The van der Waals surface area contributed by atoms with E-state index in [4.69, 9.17) is 9.47 Å². The number of carbonyl (C=O) groups excluding carboxylic acids is 1. The Bertz CT molecular complexity index is 168. The molecular weight excluding hydrogens is 184 g/mol. The molecule has 0 aliphatic heterocycles. The topological polar surface area (TPSA) is 35.5 Å². The molecule has 76 valence electrons. The summed E-state index contributed by atoms with van der Waals surface area (Å²) in [6.07, 6.45) is 1.15. The van der Waals surface area contributed by atoms with E-state index in [-0.39, 0.29) is 0 Å². The second-order valence-electron chi connectivity index (χ2n) is 3.19. The van der Waals surface area contributed by atoms with Crippen LogP contribution >= 0.6 is 0 Å². The van der Waals surface area contributed by atoms with Gasteiger partial charge in [-0.25, -0.2) is 4.79 Å². The Balaban J connectivity index is 3.35. The SMILES string of the molecule is C=CC(=O)OCCOC(C)[SiH](C)C. The lowest BCUT2D eigenvalue weighted by Crippen LogP contribution is -2.26. The standard InChI is InChI=1S/C9H18O3Si/c1-5-9(10)12-7-6-11-8(2)13(3)4/h5,8,13H,1,6-7H2,2-4H3. The van der Waals surface area contributed by atoms with Gasteiger partial charge in [-0.1, -0.05) is 19.7 Å². The fourth-order valence-electron chi connectivity index (χ4n) is 0.628. The maximum absolute atomic E-state index is 10.6. The lowest BCUT2D eigenvalue weighted by Gasteiger charge is -2.15. The molecule has 13 heavy (non-hydrogen) atoms. The fraction of sp³-hybridized carbons (Fsp3) is 0.667. The Morgan fingerprint density at radius 1 is 1.54 bits per heavy atom. The van der Waals surface area contributed by atoms with Crippen molar-refractivity contribution in [2.24, 2.45) is 0 Å². The Morgan fingerprint density at radius 3 is 2.62 bits per heavy atom. The van der Waals surface area contributed by atoms with Crippen molar-refractivity contribution in [3.63, 3.8) is 0 Å². The molecule has 0 aromatic heterocycles. The zero-order chi connectivity index (χ0) is 10.3. The first-order valence-corrected chi connectivity index (χ1v) is 7.46. The second kappa shape index (κ2) is 6.86. The molecule has 0 rings (SSSR count). The molecule has 0 spiro atoms. The van der Waals surface area contributed by atoms with Crippen molar-refractivity contribution in [2.75, 3.05) is 13.2 Å². The van der Waals surface area contributed by atoms with E-state index >= 15 is 0 Å². The van der Waals surface area contributed by atoms with Gasteiger partial charge in [-0.3, -0.25) is 0 Å². The third-order valence-electron chi connectivity index (χ3n) is 1.81. The first kappa shape index (κ1) is 12.4. The largest absolute Gasteiger partial charge is 0.460 e. The summed E-state index contributed by atoms with van der Waals surface area (Å²) in [5.74, 6) is -0.391. The average molecular weight is 202 g/mol. The van der Waals surface area contributed by atoms with Gasteiger partial charge in [0.15, 0.2) is 0 Å². The molecule has 0 bridgehead atoms. The van der Waals surface area contributed by atoms with Gasteiger partial charge in [0.25, 0.3) is 0 Å². The minimum absolute atomic E-state index is 0.316. The van der Waals surface area contributed by atoms with Crippen molar-refractivity contribution in [3.05, 3.63) is 12.7 Å². The number of rotatable bonds is 6.